The summed E-state index contributed by atoms with van der Waals surface area (Å²) in [5.74, 6) is 2.45. The fraction of sp³-hybridized carbons (Fsp3) is 0.526. The van der Waals surface area contributed by atoms with E-state index in [1.807, 2.05) is 28.4 Å². The molecule has 0 spiro atoms. The standard InChI is InChI=1S/C19H26N6O/c1-13(2)15-12-17(25-16(22-15)4-7-21-25)24-9-5-14(6-10-24)18(26)19-20-8-11-23(19)3/h4,7-8,11-14,18,26H,5-6,9-10H2,1-3H3. The molecule has 26 heavy (non-hydrogen) atoms. The molecule has 1 aliphatic heterocycles. The third-order valence-corrected chi connectivity index (χ3v) is 5.39. The first-order valence-electron chi connectivity index (χ1n) is 9.29. The third kappa shape index (κ3) is 2.96. The van der Waals surface area contributed by atoms with Gasteiger partial charge in [0.25, 0.3) is 0 Å². The van der Waals surface area contributed by atoms with Crippen LogP contribution in [0, 0.1) is 5.92 Å². The van der Waals surface area contributed by atoms with E-state index >= 15 is 0 Å². The van der Waals surface area contributed by atoms with Gasteiger partial charge in [-0.1, -0.05) is 13.8 Å². The molecule has 138 valence electrons. The Morgan fingerprint density at radius 2 is 1.96 bits per heavy atom. The van der Waals surface area contributed by atoms with E-state index in [0.29, 0.717) is 5.92 Å². The molecule has 0 radical (unpaired) electrons. The van der Waals surface area contributed by atoms with Gasteiger partial charge >= 0.3 is 0 Å². The maximum atomic E-state index is 10.7. The van der Waals surface area contributed by atoms with Gasteiger partial charge in [0.1, 0.15) is 17.7 Å². The summed E-state index contributed by atoms with van der Waals surface area (Å²) in [6.45, 7) is 6.11. The van der Waals surface area contributed by atoms with Gasteiger partial charge in [-0.2, -0.15) is 9.61 Å². The van der Waals surface area contributed by atoms with Crippen molar-refractivity contribution < 1.29 is 5.11 Å². The SMILES string of the molecule is CC(C)c1cc(N2CCC(C(O)c3nccn3C)CC2)n2nccc2n1. The van der Waals surface area contributed by atoms with Crippen molar-refractivity contribution in [3.63, 3.8) is 0 Å². The van der Waals surface area contributed by atoms with E-state index in [4.69, 9.17) is 4.98 Å². The number of rotatable bonds is 4. The van der Waals surface area contributed by atoms with E-state index in [2.05, 4.69) is 34.9 Å². The predicted octanol–water partition coefficient (Wildman–Crippen LogP) is 2.54. The molecule has 1 atom stereocenters. The number of aliphatic hydroxyl groups excluding tert-OH is 1. The minimum atomic E-state index is -0.509. The van der Waals surface area contributed by atoms with Gasteiger partial charge in [0.2, 0.25) is 0 Å². The molecule has 1 unspecified atom stereocenters. The molecule has 3 aromatic heterocycles. The zero-order valence-corrected chi connectivity index (χ0v) is 15.6. The minimum Gasteiger partial charge on any atom is -0.385 e. The minimum absolute atomic E-state index is 0.229. The summed E-state index contributed by atoms with van der Waals surface area (Å²) >= 11 is 0. The molecule has 4 rings (SSSR count). The average molecular weight is 354 g/mol. The second kappa shape index (κ2) is 6.72. The Morgan fingerprint density at radius 1 is 1.19 bits per heavy atom. The van der Waals surface area contributed by atoms with Crippen LogP contribution in [0.25, 0.3) is 5.65 Å². The Kier molecular flexibility index (Phi) is 4.40. The molecular formula is C19H26N6O. The summed E-state index contributed by atoms with van der Waals surface area (Å²) in [6, 6.07) is 4.10. The summed E-state index contributed by atoms with van der Waals surface area (Å²) < 4.78 is 3.82. The third-order valence-electron chi connectivity index (χ3n) is 5.39. The van der Waals surface area contributed by atoms with Crippen molar-refractivity contribution in [2.24, 2.45) is 13.0 Å². The van der Waals surface area contributed by atoms with Crippen LogP contribution < -0.4 is 4.90 Å². The second-order valence-electron chi connectivity index (χ2n) is 7.46. The summed E-state index contributed by atoms with van der Waals surface area (Å²) in [5.41, 5.74) is 1.98. The molecule has 0 aliphatic carbocycles. The number of hydrogen-bond donors (Lipinski definition) is 1. The van der Waals surface area contributed by atoms with Gasteiger partial charge in [0.15, 0.2) is 5.65 Å². The van der Waals surface area contributed by atoms with Crippen LogP contribution in [0.2, 0.25) is 0 Å². The van der Waals surface area contributed by atoms with Crippen LogP contribution in [-0.4, -0.2) is 42.3 Å². The number of nitrogens with zero attached hydrogens (tertiary/aromatic N) is 6. The van der Waals surface area contributed by atoms with Crippen molar-refractivity contribution in [1.82, 2.24) is 24.1 Å². The number of piperidine rings is 1. The molecule has 1 N–H and O–H groups in total. The van der Waals surface area contributed by atoms with Gasteiger partial charge in [-0.05, 0) is 24.7 Å². The second-order valence-corrected chi connectivity index (χ2v) is 7.46. The molecule has 0 amide bonds. The average Bonchev–Trinajstić information content (AvgIpc) is 3.29. The zero-order chi connectivity index (χ0) is 18.3. The summed E-state index contributed by atoms with van der Waals surface area (Å²) in [5, 5.41) is 15.1. The summed E-state index contributed by atoms with van der Waals surface area (Å²) in [6.07, 6.45) is 6.77. The lowest BCUT2D eigenvalue weighted by atomic mass is 9.90. The Balaban J connectivity index is 1.54. The quantitative estimate of drug-likeness (QED) is 0.779. The number of fused-ring (bicyclic) bond motifs is 1. The Morgan fingerprint density at radius 3 is 2.62 bits per heavy atom. The smallest absolute Gasteiger partial charge is 0.157 e. The van der Waals surface area contributed by atoms with Gasteiger partial charge in [0, 0.05) is 50.4 Å². The van der Waals surface area contributed by atoms with Crippen molar-refractivity contribution in [2.45, 2.75) is 38.7 Å². The van der Waals surface area contributed by atoms with E-state index in [9.17, 15) is 5.11 Å². The maximum absolute atomic E-state index is 10.7. The highest BCUT2D eigenvalue weighted by atomic mass is 16.3. The fourth-order valence-corrected chi connectivity index (χ4v) is 3.75. The molecule has 1 saturated heterocycles. The molecule has 0 saturated carbocycles. The molecule has 4 heterocycles. The Labute approximate surface area is 153 Å². The molecule has 0 bridgehead atoms. The molecular weight excluding hydrogens is 328 g/mol. The van der Waals surface area contributed by atoms with Crippen LogP contribution in [-0.2, 0) is 7.05 Å². The van der Waals surface area contributed by atoms with E-state index in [0.717, 1.165) is 48.9 Å². The van der Waals surface area contributed by atoms with Crippen molar-refractivity contribution in [3.8, 4) is 0 Å². The number of aliphatic hydroxyl groups is 1. The van der Waals surface area contributed by atoms with Crippen LogP contribution in [0.3, 0.4) is 0 Å². The highest BCUT2D eigenvalue weighted by Gasteiger charge is 2.29. The highest BCUT2D eigenvalue weighted by Crippen LogP contribution is 2.32. The van der Waals surface area contributed by atoms with Gasteiger partial charge in [0.05, 0.1) is 6.20 Å². The van der Waals surface area contributed by atoms with Crippen molar-refractivity contribution in [3.05, 3.63) is 42.2 Å². The zero-order valence-electron chi connectivity index (χ0n) is 15.6. The van der Waals surface area contributed by atoms with Crippen LogP contribution in [0.15, 0.2) is 30.7 Å². The lowest BCUT2D eigenvalue weighted by Crippen LogP contribution is -2.37. The van der Waals surface area contributed by atoms with E-state index in [1.165, 1.54) is 0 Å². The van der Waals surface area contributed by atoms with Crippen LogP contribution >= 0.6 is 0 Å². The van der Waals surface area contributed by atoms with Crippen LogP contribution in [0.1, 0.15) is 50.2 Å². The van der Waals surface area contributed by atoms with E-state index in [-0.39, 0.29) is 5.92 Å². The first-order chi connectivity index (χ1) is 12.5. The maximum Gasteiger partial charge on any atom is 0.157 e. The summed E-state index contributed by atoms with van der Waals surface area (Å²) in [4.78, 5) is 11.4. The Hall–Kier alpha value is -2.41. The fourth-order valence-electron chi connectivity index (χ4n) is 3.75. The number of anilines is 1. The van der Waals surface area contributed by atoms with E-state index < -0.39 is 6.10 Å². The van der Waals surface area contributed by atoms with Gasteiger partial charge in [-0.3, -0.25) is 0 Å². The largest absolute Gasteiger partial charge is 0.385 e. The molecule has 1 fully saturated rings. The number of aryl methyl sites for hydroxylation is 1. The highest BCUT2D eigenvalue weighted by molar-refractivity contribution is 5.51. The molecule has 3 aromatic rings. The summed E-state index contributed by atoms with van der Waals surface area (Å²) in [7, 11) is 1.93. The van der Waals surface area contributed by atoms with Crippen molar-refractivity contribution in [2.75, 3.05) is 18.0 Å². The normalized spacial score (nSPS) is 17.3. The molecule has 7 heteroatoms. The first kappa shape index (κ1) is 17.0. The van der Waals surface area contributed by atoms with Crippen LogP contribution in [0.5, 0.6) is 0 Å². The lowest BCUT2D eigenvalue weighted by Gasteiger charge is -2.35. The molecule has 1 aliphatic rings. The first-order valence-corrected chi connectivity index (χ1v) is 9.29. The predicted molar refractivity (Wildman–Crippen MR) is 100 cm³/mol. The number of imidazole rings is 1. The van der Waals surface area contributed by atoms with Crippen LogP contribution in [0.4, 0.5) is 5.82 Å². The van der Waals surface area contributed by atoms with Gasteiger partial charge in [-0.15, -0.1) is 0 Å². The van der Waals surface area contributed by atoms with Crippen molar-refractivity contribution >= 4 is 11.5 Å². The van der Waals surface area contributed by atoms with Gasteiger partial charge in [-0.25, -0.2) is 9.97 Å². The number of hydrogen-bond acceptors (Lipinski definition) is 5. The van der Waals surface area contributed by atoms with E-state index in [1.54, 1.807) is 12.4 Å². The topological polar surface area (TPSA) is 71.5 Å². The monoisotopic (exact) mass is 354 g/mol. The Bertz CT molecular complexity index is 890. The van der Waals surface area contributed by atoms with Crippen molar-refractivity contribution in [1.29, 1.82) is 0 Å². The lowest BCUT2D eigenvalue weighted by molar-refractivity contribution is 0.0823. The van der Waals surface area contributed by atoms with Gasteiger partial charge < -0.3 is 14.6 Å². The molecule has 0 aromatic carbocycles. The number of aromatic nitrogens is 5. The molecule has 7 nitrogen and oxygen atoms in total.